The number of amides is 1. The van der Waals surface area contributed by atoms with Gasteiger partial charge in [0, 0.05) is 28.7 Å². The lowest BCUT2D eigenvalue weighted by Gasteiger charge is -2.11. The molecule has 0 aliphatic heterocycles. The van der Waals surface area contributed by atoms with Gasteiger partial charge in [0.05, 0.1) is 10.7 Å². The van der Waals surface area contributed by atoms with Gasteiger partial charge in [-0.05, 0) is 35.9 Å². The summed E-state index contributed by atoms with van der Waals surface area (Å²) in [5.74, 6) is -0.150. The quantitative estimate of drug-likeness (QED) is 0.744. The molecule has 3 nitrogen and oxygen atoms in total. The van der Waals surface area contributed by atoms with Crippen LogP contribution >= 0.6 is 39.1 Å². The smallest absolute Gasteiger partial charge is 0.221 e. The Morgan fingerprint density at radius 1 is 1.19 bits per heavy atom. The number of hydrogen-bond acceptors (Lipinski definition) is 2. The molecule has 2 rings (SSSR count). The van der Waals surface area contributed by atoms with Crippen LogP contribution in [0.2, 0.25) is 10.0 Å². The Morgan fingerprint density at radius 2 is 1.95 bits per heavy atom. The third-order valence-electron chi connectivity index (χ3n) is 2.78. The Kier molecular flexibility index (Phi) is 5.51. The second-order valence-corrected chi connectivity index (χ2v) is 6.16. The zero-order valence-corrected chi connectivity index (χ0v) is 14.3. The number of rotatable bonds is 4. The van der Waals surface area contributed by atoms with Crippen LogP contribution in [0.3, 0.4) is 0 Å². The average Bonchev–Trinajstić information content (AvgIpc) is 2.40. The van der Waals surface area contributed by atoms with E-state index in [9.17, 15) is 4.79 Å². The zero-order valence-electron chi connectivity index (χ0n) is 11.2. The molecule has 0 aromatic heterocycles. The van der Waals surface area contributed by atoms with E-state index in [1.165, 1.54) is 6.92 Å². The lowest BCUT2D eigenvalue weighted by atomic mass is 10.2. The van der Waals surface area contributed by atoms with Crippen molar-refractivity contribution >= 4 is 56.4 Å². The van der Waals surface area contributed by atoms with Crippen LogP contribution in [-0.2, 0) is 11.3 Å². The second-order valence-electron chi connectivity index (χ2n) is 4.47. The van der Waals surface area contributed by atoms with Crippen molar-refractivity contribution in [1.82, 2.24) is 0 Å². The van der Waals surface area contributed by atoms with E-state index >= 15 is 0 Å². The van der Waals surface area contributed by atoms with Crippen LogP contribution in [0.1, 0.15) is 12.5 Å². The molecule has 2 aromatic carbocycles. The van der Waals surface area contributed by atoms with Crippen LogP contribution in [-0.4, -0.2) is 5.91 Å². The van der Waals surface area contributed by atoms with E-state index in [0.29, 0.717) is 22.3 Å². The fourth-order valence-electron chi connectivity index (χ4n) is 1.78. The molecule has 0 heterocycles. The monoisotopic (exact) mass is 386 g/mol. The molecule has 0 fully saturated rings. The molecule has 0 unspecified atom stereocenters. The van der Waals surface area contributed by atoms with Crippen molar-refractivity contribution in [3.63, 3.8) is 0 Å². The Morgan fingerprint density at radius 3 is 2.57 bits per heavy atom. The molecule has 2 aromatic rings. The van der Waals surface area contributed by atoms with Gasteiger partial charge in [0.2, 0.25) is 5.91 Å². The SMILES string of the molecule is CC(=O)Nc1ccc(NCc2ccc(Cl)cc2Br)cc1Cl. The summed E-state index contributed by atoms with van der Waals surface area (Å²) in [5, 5.41) is 7.12. The highest BCUT2D eigenvalue weighted by atomic mass is 79.9. The molecule has 0 aliphatic carbocycles. The normalized spacial score (nSPS) is 10.3. The molecule has 110 valence electrons. The summed E-state index contributed by atoms with van der Waals surface area (Å²) in [5.41, 5.74) is 2.56. The van der Waals surface area contributed by atoms with Gasteiger partial charge in [0.25, 0.3) is 0 Å². The first-order chi connectivity index (χ1) is 9.95. The standard InChI is InChI=1S/C15H13BrCl2N2O/c1-9(21)20-15-5-4-12(7-14(15)18)19-8-10-2-3-11(17)6-13(10)16/h2-7,19H,8H2,1H3,(H,20,21). The maximum absolute atomic E-state index is 11.0. The van der Waals surface area contributed by atoms with Gasteiger partial charge in [0.1, 0.15) is 0 Å². The largest absolute Gasteiger partial charge is 0.381 e. The molecule has 0 aliphatic rings. The summed E-state index contributed by atoms with van der Waals surface area (Å²) in [6.45, 7) is 2.08. The summed E-state index contributed by atoms with van der Waals surface area (Å²) >= 11 is 15.5. The van der Waals surface area contributed by atoms with Crippen molar-refractivity contribution in [2.75, 3.05) is 10.6 Å². The Bertz CT molecular complexity index is 677. The van der Waals surface area contributed by atoms with Gasteiger partial charge in [-0.25, -0.2) is 0 Å². The van der Waals surface area contributed by atoms with Crippen molar-refractivity contribution in [1.29, 1.82) is 0 Å². The molecular weight excluding hydrogens is 375 g/mol. The van der Waals surface area contributed by atoms with E-state index in [2.05, 4.69) is 26.6 Å². The summed E-state index contributed by atoms with van der Waals surface area (Å²) in [6, 6.07) is 11.1. The molecule has 1 amide bonds. The molecule has 0 atom stereocenters. The molecule has 0 bridgehead atoms. The maximum atomic E-state index is 11.0. The number of nitrogens with one attached hydrogen (secondary N) is 2. The predicted octanol–water partition coefficient (Wildman–Crippen LogP) is 5.33. The predicted molar refractivity (Wildman–Crippen MR) is 92.2 cm³/mol. The molecule has 6 heteroatoms. The third kappa shape index (κ3) is 4.63. The lowest BCUT2D eigenvalue weighted by molar-refractivity contribution is -0.114. The van der Waals surface area contributed by atoms with Gasteiger partial charge >= 0.3 is 0 Å². The van der Waals surface area contributed by atoms with Crippen molar-refractivity contribution in [3.8, 4) is 0 Å². The number of halogens is 3. The van der Waals surface area contributed by atoms with Crippen molar-refractivity contribution < 1.29 is 4.79 Å². The van der Waals surface area contributed by atoms with Gasteiger partial charge in [0.15, 0.2) is 0 Å². The van der Waals surface area contributed by atoms with E-state index in [-0.39, 0.29) is 5.91 Å². The molecular formula is C15H13BrCl2N2O. The maximum Gasteiger partial charge on any atom is 0.221 e. The topological polar surface area (TPSA) is 41.1 Å². The van der Waals surface area contributed by atoms with Crippen molar-refractivity contribution in [2.45, 2.75) is 13.5 Å². The summed E-state index contributed by atoms with van der Waals surface area (Å²) < 4.78 is 0.948. The molecule has 21 heavy (non-hydrogen) atoms. The number of hydrogen-bond donors (Lipinski definition) is 2. The van der Waals surface area contributed by atoms with Gasteiger partial charge in [-0.2, -0.15) is 0 Å². The summed E-state index contributed by atoms with van der Waals surface area (Å²) in [7, 11) is 0. The van der Waals surface area contributed by atoms with Crippen molar-refractivity contribution in [3.05, 3.63) is 56.5 Å². The molecule has 0 radical (unpaired) electrons. The number of carbonyl (C=O) groups is 1. The second kappa shape index (κ2) is 7.16. The minimum Gasteiger partial charge on any atom is -0.381 e. The van der Waals surface area contributed by atoms with Crippen LogP contribution < -0.4 is 10.6 Å². The molecule has 0 saturated heterocycles. The van der Waals surface area contributed by atoms with Gasteiger partial charge in [-0.1, -0.05) is 45.2 Å². The Balaban J connectivity index is 2.06. The highest BCUT2D eigenvalue weighted by Crippen LogP contribution is 2.27. The fourth-order valence-corrected chi connectivity index (χ4v) is 2.83. The van der Waals surface area contributed by atoms with Gasteiger partial charge in [-0.3, -0.25) is 4.79 Å². The van der Waals surface area contributed by atoms with E-state index < -0.39 is 0 Å². The first-order valence-corrected chi connectivity index (χ1v) is 7.75. The first-order valence-electron chi connectivity index (χ1n) is 6.20. The average molecular weight is 388 g/mol. The Hall–Kier alpha value is -1.23. The fraction of sp³-hybridized carbons (Fsp3) is 0.133. The van der Waals surface area contributed by atoms with Crippen LogP contribution in [0.5, 0.6) is 0 Å². The van der Waals surface area contributed by atoms with Gasteiger partial charge < -0.3 is 10.6 Å². The van der Waals surface area contributed by atoms with E-state index in [4.69, 9.17) is 23.2 Å². The zero-order chi connectivity index (χ0) is 15.4. The summed E-state index contributed by atoms with van der Waals surface area (Å²) in [4.78, 5) is 11.0. The lowest BCUT2D eigenvalue weighted by Crippen LogP contribution is -2.06. The van der Waals surface area contributed by atoms with E-state index in [1.807, 2.05) is 24.3 Å². The van der Waals surface area contributed by atoms with Crippen LogP contribution in [0, 0.1) is 0 Å². The van der Waals surface area contributed by atoms with Crippen molar-refractivity contribution in [2.24, 2.45) is 0 Å². The van der Waals surface area contributed by atoms with Crippen LogP contribution in [0.15, 0.2) is 40.9 Å². The van der Waals surface area contributed by atoms with Crippen LogP contribution in [0.25, 0.3) is 0 Å². The first kappa shape index (κ1) is 16.1. The van der Waals surface area contributed by atoms with Crippen LogP contribution in [0.4, 0.5) is 11.4 Å². The molecule has 0 spiro atoms. The highest BCUT2D eigenvalue weighted by Gasteiger charge is 2.05. The highest BCUT2D eigenvalue weighted by molar-refractivity contribution is 9.10. The number of benzene rings is 2. The third-order valence-corrected chi connectivity index (χ3v) is 4.06. The summed E-state index contributed by atoms with van der Waals surface area (Å²) in [6.07, 6.45) is 0. The number of carbonyl (C=O) groups excluding carboxylic acids is 1. The minimum atomic E-state index is -0.150. The van der Waals surface area contributed by atoms with Gasteiger partial charge in [-0.15, -0.1) is 0 Å². The molecule has 0 saturated carbocycles. The number of anilines is 2. The van der Waals surface area contributed by atoms with E-state index in [0.717, 1.165) is 15.7 Å². The molecule has 2 N–H and O–H groups in total. The minimum absolute atomic E-state index is 0.150. The van der Waals surface area contributed by atoms with E-state index in [1.54, 1.807) is 12.1 Å². The Labute approximate surface area is 141 Å².